The minimum Gasteiger partial charge on any atom is -0.341 e. The summed E-state index contributed by atoms with van der Waals surface area (Å²) in [7, 11) is 0. The molecular formula is C14H17NO. The van der Waals surface area contributed by atoms with Crippen molar-refractivity contribution in [1.82, 2.24) is 0 Å². The number of Topliss-reactive ketones (excluding diaryl/α,β-unsaturated/α-hetero) is 1. The number of ketones is 1. The zero-order valence-electron chi connectivity index (χ0n) is 9.81. The maximum absolute atomic E-state index is 11.2. The van der Waals surface area contributed by atoms with Gasteiger partial charge in [-0.3, -0.25) is 4.79 Å². The molecular weight excluding hydrogens is 198 g/mol. The molecule has 84 valence electrons. The topological polar surface area (TPSA) is 20.3 Å². The van der Waals surface area contributed by atoms with Crippen LogP contribution in [0.3, 0.4) is 0 Å². The van der Waals surface area contributed by atoms with E-state index in [1.165, 1.54) is 11.3 Å². The zero-order valence-corrected chi connectivity index (χ0v) is 9.81. The Labute approximate surface area is 96.6 Å². The lowest BCUT2D eigenvalue weighted by Crippen LogP contribution is -2.23. The lowest BCUT2D eigenvalue weighted by molar-refractivity contribution is -0.115. The van der Waals surface area contributed by atoms with Crippen molar-refractivity contribution in [3.63, 3.8) is 0 Å². The van der Waals surface area contributed by atoms with Crippen LogP contribution in [0.5, 0.6) is 0 Å². The van der Waals surface area contributed by atoms with Crippen LogP contribution in [0.25, 0.3) is 0 Å². The Hall–Kier alpha value is -1.57. The summed E-state index contributed by atoms with van der Waals surface area (Å²) >= 11 is 0. The summed E-state index contributed by atoms with van der Waals surface area (Å²) < 4.78 is 0. The third kappa shape index (κ3) is 2.16. The largest absolute Gasteiger partial charge is 0.341 e. The molecule has 1 heterocycles. The summed E-state index contributed by atoms with van der Waals surface area (Å²) in [6, 6.07) is 8.33. The molecule has 1 atom stereocenters. The first-order valence-corrected chi connectivity index (χ1v) is 5.70. The number of hydrogen-bond donors (Lipinski definition) is 0. The van der Waals surface area contributed by atoms with E-state index >= 15 is 0 Å². The fourth-order valence-corrected chi connectivity index (χ4v) is 2.14. The highest BCUT2D eigenvalue weighted by Crippen LogP contribution is 2.32. The molecule has 0 spiro atoms. The standard InChI is InChI=1S/C14H17NO/c1-11-6-5-9-15(10-12(2)16)14-8-4-3-7-13(11)14/h3-5,7-9,11H,6,10H2,1-2H3. The zero-order chi connectivity index (χ0) is 11.5. The Balaban J connectivity index is 2.40. The summed E-state index contributed by atoms with van der Waals surface area (Å²) in [5, 5.41) is 0. The smallest absolute Gasteiger partial charge is 0.149 e. The number of nitrogens with zero attached hydrogens (tertiary/aromatic N) is 1. The Morgan fingerprint density at radius 1 is 1.44 bits per heavy atom. The van der Waals surface area contributed by atoms with Gasteiger partial charge in [-0.1, -0.05) is 31.2 Å². The van der Waals surface area contributed by atoms with E-state index in [-0.39, 0.29) is 5.78 Å². The molecule has 2 nitrogen and oxygen atoms in total. The van der Waals surface area contributed by atoms with Crippen LogP contribution in [0.1, 0.15) is 31.7 Å². The van der Waals surface area contributed by atoms with Gasteiger partial charge in [0, 0.05) is 11.9 Å². The number of carbonyl (C=O) groups excluding carboxylic acids is 1. The molecule has 0 bridgehead atoms. The molecule has 1 unspecified atom stereocenters. The van der Waals surface area contributed by atoms with Gasteiger partial charge in [0.05, 0.1) is 6.54 Å². The number of fused-ring (bicyclic) bond motifs is 1. The molecule has 0 N–H and O–H groups in total. The quantitative estimate of drug-likeness (QED) is 0.755. The highest BCUT2D eigenvalue weighted by molar-refractivity contribution is 5.82. The van der Waals surface area contributed by atoms with E-state index in [9.17, 15) is 4.79 Å². The second-order valence-electron chi connectivity index (χ2n) is 4.41. The molecule has 0 saturated heterocycles. The third-order valence-corrected chi connectivity index (χ3v) is 2.95. The van der Waals surface area contributed by atoms with Crippen LogP contribution in [0, 0.1) is 0 Å². The van der Waals surface area contributed by atoms with Gasteiger partial charge in [-0.05, 0) is 30.9 Å². The van der Waals surface area contributed by atoms with Crippen LogP contribution in [0.4, 0.5) is 5.69 Å². The summed E-state index contributed by atoms with van der Waals surface area (Å²) in [4.78, 5) is 13.3. The first-order chi connectivity index (χ1) is 7.68. The molecule has 1 aliphatic rings. The SMILES string of the molecule is CC(=O)CN1C=CCC(C)c2ccccc21. The molecule has 1 aromatic rings. The first kappa shape index (κ1) is 10.9. The molecule has 1 aliphatic heterocycles. The Kier molecular flexibility index (Phi) is 3.09. The van der Waals surface area contributed by atoms with E-state index in [1.54, 1.807) is 6.92 Å². The summed E-state index contributed by atoms with van der Waals surface area (Å²) in [5.74, 6) is 0.707. The van der Waals surface area contributed by atoms with Crippen molar-refractivity contribution in [1.29, 1.82) is 0 Å². The van der Waals surface area contributed by atoms with Crippen molar-refractivity contribution in [2.45, 2.75) is 26.2 Å². The molecule has 0 fully saturated rings. The van der Waals surface area contributed by atoms with Crippen LogP contribution < -0.4 is 4.90 Å². The van der Waals surface area contributed by atoms with E-state index in [2.05, 4.69) is 31.2 Å². The second kappa shape index (κ2) is 4.52. The maximum atomic E-state index is 11.2. The van der Waals surface area contributed by atoms with Gasteiger partial charge in [0.25, 0.3) is 0 Å². The van der Waals surface area contributed by atoms with Gasteiger partial charge in [0.1, 0.15) is 5.78 Å². The Morgan fingerprint density at radius 3 is 2.94 bits per heavy atom. The number of hydrogen-bond acceptors (Lipinski definition) is 2. The average molecular weight is 215 g/mol. The first-order valence-electron chi connectivity index (χ1n) is 5.70. The number of para-hydroxylation sites is 1. The van der Waals surface area contributed by atoms with Crippen molar-refractivity contribution >= 4 is 11.5 Å². The van der Waals surface area contributed by atoms with Crippen molar-refractivity contribution < 1.29 is 4.79 Å². The second-order valence-corrected chi connectivity index (χ2v) is 4.41. The van der Waals surface area contributed by atoms with Gasteiger partial charge in [-0.25, -0.2) is 0 Å². The summed E-state index contributed by atoms with van der Waals surface area (Å²) in [6.07, 6.45) is 5.21. The summed E-state index contributed by atoms with van der Waals surface area (Å²) in [6.45, 7) is 4.31. The average Bonchev–Trinajstić information content (AvgIpc) is 2.40. The van der Waals surface area contributed by atoms with Crippen molar-refractivity contribution in [2.24, 2.45) is 0 Å². The lowest BCUT2D eigenvalue weighted by Gasteiger charge is -2.22. The molecule has 0 saturated carbocycles. The van der Waals surface area contributed by atoms with Gasteiger partial charge in [0.15, 0.2) is 0 Å². The maximum Gasteiger partial charge on any atom is 0.149 e. The van der Waals surface area contributed by atoms with E-state index in [4.69, 9.17) is 0 Å². The van der Waals surface area contributed by atoms with Crippen LogP contribution in [-0.2, 0) is 4.79 Å². The van der Waals surface area contributed by atoms with Gasteiger partial charge in [0.2, 0.25) is 0 Å². The number of anilines is 1. The van der Waals surface area contributed by atoms with Crippen molar-refractivity contribution in [2.75, 3.05) is 11.4 Å². The molecule has 16 heavy (non-hydrogen) atoms. The van der Waals surface area contributed by atoms with Crippen molar-refractivity contribution in [3.05, 3.63) is 42.1 Å². The Morgan fingerprint density at radius 2 is 2.19 bits per heavy atom. The molecule has 0 aliphatic carbocycles. The van der Waals surface area contributed by atoms with E-state index in [1.807, 2.05) is 17.2 Å². The monoisotopic (exact) mass is 215 g/mol. The van der Waals surface area contributed by atoms with E-state index < -0.39 is 0 Å². The molecule has 1 aromatic carbocycles. The van der Waals surface area contributed by atoms with Gasteiger partial charge in [-0.2, -0.15) is 0 Å². The van der Waals surface area contributed by atoms with E-state index in [0.29, 0.717) is 12.5 Å². The normalized spacial score (nSPS) is 19.1. The highest BCUT2D eigenvalue weighted by atomic mass is 16.1. The molecule has 0 amide bonds. The van der Waals surface area contributed by atoms with Gasteiger partial charge >= 0.3 is 0 Å². The Bertz CT molecular complexity index is 422. The van der Waals surface area contributed by atoms with E-state index in [0.717, 1.165) is 6.42 Å². The number of benzene rings is 1. The minimum absolute atomic E-state index is 0.189. The molecule has 0 aromatic heterocycles. The van der Waals surface area contributed by atoms with Gasteiger partial charge < -0.3 is 4.90 Å². The van der Waals surface area contributed by atoms with Crippen LogP contribution in [-0.4, -0.2) is 12.3 Å². The molecule has 2 heteroatoms. The fraction of sp³-hybridized carbons (Fsp3) is 0.357. The predicted molar refractivity (Wildman–Crippen MR) is 66.6 cm³/mol. The van der Waals surface area contributed by atoms with Gasteiger partial charge in [-0.15, -0.1) is 0 Å². The number of rotatable bonds is 2. The van der Waals surface area contributed by atoms with Crippen molar-refractivity contribution in [3.8, 4) is 0 Å². The lowest BCUT2D eigenvalue weighted by atomic mass is 9.97. The molecule has 2 rings (SSSR count). The highest BCUT2D eigenvalue weighted by Gasteiger charge is 2.16. The third-order valence-electron chi connectivity index (χ3n) is 2.95. The van der Waals surface area contributed by atoms with Crippen LogP contribution in [0.2, 0.25) is 0 Å². The van der Waals surface area contributed by atoms with Crippen LogP contribution in [0.15, 0.2) is 36.5 Å². The molecule has 0 radical (unpaired) electrons. The number of carbonyl (C=O) groups is 1. The summed E-state index contributed by atoms with van der Waals surface area (Å²) in [5.41, 5.74) is 2.49. The predicted octanol–water partition coefficient (Wildman–Crippen LogP) is 3.10. The minimum atomic E-state index is 0.189. The fourth-order valence-electron chi connectivity index (χ4n) is 2.14. The number of allylic oxidation sites excluding steroid dienone is 1. The van der Waals surface area contributed by atoms with Crippen LogP contribution >= 0.6 is 0 Å².